The van der Waals surface area contributed by atoms with E-state index in [0.29, 0.717) is 35.2 Å². The molecule has 12 heteroatoms. The van der Waals surface area contributed by atoms with E-state index in [1.807, 2.05) is 0 Å². The normalized spacial score (nSPS) is 15.7. The second-order valence-corrected chi connectivity index (χ2v) is 10.6. The van der Waals surface area contributed by atoms with E-state index in [4.69, 9.17) is 23.2 Å². The zero-order valence-corrected chi connectivity index (χ0v) is 22.2. The predicted molar refractivity (Wildman–Crippen MR) is 142 cm³/mol. The standard InChI is InChI=1S/C27H22Cl2FN5O4/c1-33(27(6-7-27)15-4-2-14(3-5-15)26(38)39)24(36)17-12-31-35-9-8-34(13-21(17)35)25(37)20-10-16-19(32-20)11-18(28)23(30)22(16)29/h2-5,10-12,32H,6-9,13H2,1H3,(H,38,39). The van der Waals surface area contributed by atoms with Gasteiger partial charge in [0.15, 0.2) is 5.82 Å². The van der Waals surface area contributed by atoms with Crippen LogP contribution in [0.3, 0.4) is 0 Å². The van der Waals surface area contributed by atoms with Crippen LogP contribution >= 0.6 is 23.2 Å². The first kappa shape index (κ1) is 25.4. The molecule has 1 aliphatic heterocycles. The van der Waals surface area contributed by atoms with Gasteiger partial charge in [-0.1, -0.05) is 35.3 Å². The van der Waals surface area contributed by atoms with Gasteiger partial charge in [0.05, 0.1) is 51.7 Å². The second-order valence-electron chi connectivity index (χ2n) is 9.86. The van der Waals surface area contributed by atoms with Gasteiger partial charge in [0, 0.05) is 24.5 Å². The van der Waals surface area contributed by atoms with Gasteiger partial charge in [0.2, 0.25) is 0 Å². The molecule has 0 atom stereocenters. The number of carbonyl (C=O) groups excluding carboxylic acids is 2. The third kappa shape index (κ3) is 4.06. The zero-order chi connectivity index (χ0) is 27.6. The Morgan fingerprint density at radius 1 is 1.13 bits per heavy atom. The van der Waals surface area contributed by atoms with Crippen molar-refractivity contribution in [1.29, 1.82) is 0 Å². The molecule has 2 amide bonds. The minimum absolute atomic E-state index is 0.145. The molecule has 0 spiro atoms. The van der Waals surface area contributed by atoms with E-state index >= 15 is 0 Å². The molecule has 2 aliphatic rings. The Labute approximate surface area is 231 Å². The van der Waals surface area contributed by atoms with Crippen molar-refractivity contribution in [2.24, 2.45) is 0 Å². The number of carbonyl (C=O) groups is 3. The molecule has 2 aromatic heterocycles. The number of nitrogens with one attached hydrogen (secondary N) is 1. The molecule has 1 saturated carbocycles. The number of benzene rings is 2. The third-order valence-electron chi connectivity index (χ3n) is 7.72. The van der Waals surface area contributed by atoms with Crippen molar-refractivity contribution in [3.05, 3.63) is 86.5 Å². The number of carboxylic acid groups (broad SMARTS) is 1. The van der Waals surface area contributed by atoms with Crippen molar-refractivity contribution in [1.82, 2.24) is 24.6 Å². The van der Waals surface area contributed by atoms with E-state index < -0.39 is 17.3 Å². The summed E-state index contributed by atoms with van der Waals surface area (Å²) in [5, 5.41) is 13.6. The summed E-state index contributed by atoms with van der Waals surface area (Å²) in [6.45, 7) is 0.933. The van der Waals surface area contributed by atoms with Crippen molar-refractivity contribution in [2.45, 2.75) is 31.5 Å². The van der Waals surface area contributed by atoms with Crippen molar-refractivity contribution in [3.8, 4) is 0 Å². The SMILES string of the molecule is CN(C(=O)c1cnn2c1CN(C(=O)c1cc3c(Cl)c(F)c(Cl)cc3[nH]1)CC2)C1(c2ccc(C(=O)O)cc2)CC1. The molecule has 9 nitrogen and oxygen atoms in total. The number of carboxylic acids is 1. The van der Waals surface area contributed by atoms with Gasteiger partial charge in [-0.2, -0.15) is 5.10 Å². The Morgan fingerprint density at radius 2 is 1.85 bits per heavy atom. The van der Waals surface area contributed by atoms with Crippen molar-refractivity contribution >= 4 is 51.9 Å². The lowest BCUT2D eigenvalue weighted by molar-refractivity contribution is 0.0669. The molecule has 200 valence electrons. The minimum Gasteiger partial charge on any atom is -0.478 e. The lowest BCUT2D eigenvalue weighted by Gasteiger charge is -2.31. The molecule has 2 aromatic carbocycles. The Morgan fingerprint density at radius 3 is 2.51 bits per heavy atom. The van der Waals surface area contributed by atoms with Crippen LogP contribution in [0.4, 0.5) is 4.39 Å². The molecule has 1 fully saturated rings. The average Bonchev–Trinajstić information content (AvgIpc) is 3.47. The predicted octanol–water partition coefficient (Wildman–Crippen LogP) is 4.93. The summed E-state index contributed by atoms with van der Waals surface area (Å²) in [7, 11) is 1.73. The van der Waals surface area contributed by atoms with Crippen LogP contribution in [-0.2, 0) is 18.6 Å². The molecule has 0 unspecified atom stereocenters. The van der Waals surface area contributed by atoms with Gasteiger partial charge >= 0.3 is 5.97 Å². The Bertz CT molecular complexity index is 1680. The molecule has 3 heterocycles. The largest absolute Gasteiger partial charge is 0.478 e. The highest BCUT2D eigenvalue weighted by molar-refractivity contribution is 6.39. The van der Waals surface area contributed by atoms with Crippen LogP contribution in [0.1, 0.15) is 55.3 Å². The van der Waals surface area contributed by atoms with Gasteiger partial charge in [0.1, 0.15) is 5.69 Å². The van der Waals surface area contributed by atoms with Gasteiger partial charge in [-0.05, 0) is 42.7 Å². The Balaban J connectivity index is 1.24. The number of amides is 2. The highest BCUT2D eigenvalue weighted by Gasteiger charge is 2.50. The van der Waals surface area contributed by atoms with Crippen molar-refractivity contribution in [2.75, 3.05) is 13.6 Å². The first-order chi connectivity index (χ1) is 18.6. The van der Waals surface area contributed by atoms with Crippen LogP contribution in [0.5, 0.6) is 0 Å². The highest BCUT2D eigenvalue weighted by Crippen LogP contribution is 2.51. The molecule has 0 bridgehead atoms. The number of aromatic nitrogens is 3. The number of nitrogens with zero attached hydrogens (tertiary/aromatic N) is 4. The van der Waals surface area contributed by atoms with E-state index in [2.05, 4.69) is 10.1 Å². The smallest absolute Gasteiger partial charge is 0.335 e. The second kappa shape index (κ2) is 9.10. The summed E-state index contributed by atoms with van der Waals surface area (Å²) in [5.74, 6) is -2.31. The average molecular weight is 570 g/mol. The number of hydrogen-bond donors (Lipinski definition) is 2. The van der Waals surface area contributed by atoms with E-state index in [-0.39, 0.29) is 39.7 Å². The molecule has 2 N–H and O–H groups in total. The molecule has 0 radical (unpaired) electrons. The van der Waals surface area contributed by atoms with Crippen LogP contribution in [0, 0.1) is 5.82 Å². The van der Waals surface area contributed by atoms with E-state index in [0.717, 1.165) is 18.4 Å². The number of rotatable bonds is 5. The fraction of sp³-hybridized carbons (Fsp3) is 0.259. The minimum atomic E-state index is -1.01. The molecule has 0 saturated heterocycles. The first-order valence-electron chi connectivity index (χ1n) is 12.2. The summed E-state index contributed by atoms with van der Waals surface area (Å²) >= 11 is 12.0. The number of fused-ring (bicyclic) bond motifs is 2. The highest BCUT2D eigenvalue weighted by atomic mass is 35.5. The first-order valence-corrected chi connectivity index (χ1v) is 13.0. The fourth-order valence-corrected chi connectivity index (χ4v) is 5.81. The van der Waals surface area contributed by atoms with Crippen LogP contribution in [0.2, 0.25) is 10.0 Å². The molecular weight excluding hydrogens is 548 g/mol. The molecular formula is C27H22Cl2FN5O4. The van der Waals surface area contributed by atoms with Crippen LogP contribution < -0.4 is 0 Å². The lowest BCUT2D eigenvalue weighted by atomic mass is 10.0. The summed E-state index contributed by atoms with van der Waals surface area (Å²) in [6.07, 6.45) is 3.03. The number of aromatic amines is 1. The topological polar surface area (TPSA) is 112 Å². The molecule has 4 aromatic rings. The van der Waals surface area contributed by atoms with Gasteiger partial charge in [-0.15, -0.1) is 0 Å². The van der Waals surface area contributed by atoms with Crippen molar-refractivity contribution in [3.63, 3.8) is 0 Å². The maximum absolute atomic E-state index is 14.1. The number of aromatic carboxylic acids is 1. The maximum atomic E-state index is 14.1. The van der Waals surface area contributed by atoms with Crippen LogP contribution in [0.25, 0.3) is 10.9 Å². The quantitative estimate of drug-likeness (QED) is 0.331. The van der Waals surface area contributed by atoms with E-state index in [1.165, 1.54) is 18.3 Å². The van der Waals surface area contributed by atoms with Crippen LogP contribution in [0.15, 0.2) is 42.6 Å². The summed E-state index contributed by atoms with van der Waals surface area (Å²) < 4.78 is 15.9. The van der Waals surface area contributed by atoms with Crippen LogP contribution in [-0.4, -0.2) is 61.0 Å². The molecule has 1 aliphatic carbocycles. The molecule has 39 heavy (non-hydrogen) atoms. The summed E-state index contributed by atoms with van der Waals surface area (Å²) in [4.78, 5) is 44.6. The molecule has 6 rings (SSSR count). The summed E-state index contributed by atoms with van der Waals surface area (Å²) in [5.41, 5.74) is 2.23. The lowest BCUT2D eigenvalue weighted by Crippen LogP contribution is -2.41. The number of hydrogen-bond acceptors (Lipinski definition) is 4. The number of H-pyrrole nitrogens is 1. The van der Waals surface area contributed by atoms with E-state index in [9.17, 15) is 23.9 Å². The van der Waals surface area contributed by atoms with Gasteiger partial charge in [0.25, 0.3) is 11.8 Å². The Kier molecular flexibility index (Phi) is 5.92. The monoisotopic (exact) mass is 569 g/mol. The zero-order valence-electron chi connectivity index (χ0n) is 20.7. The fourth-order valence-electron chi connectivity index (χ4n) is 5.30. The Hall–Kier alpha value is -3.89. The van der Waals surface area contributed by atoms with Gasteiger partial charge in [-0.25, -0.2) is 9.18 Å². The van der Waals surface area contributed by atoms with Crippen molar-refractivity contribution < 1.29 is 23.9 Å². The summed E-state index contributed by atoms with van der Waals surface area (Å²) in [6, 6.07) is 9.47. The van der Waals surface area contributed by atoms with Gasteiger partial charge < -0.3 is 19.9 Å². The van der Waals surface area contributed by atoms with E-state index in [1.54, 1.807) is 45.8 Å². The third-order valence-corrected chi connectivity index (χ3v) is 8.36. The van der Waals surface area contributed by atoms with Gasteiger partial charge in [-0.3, -0.25) is 14.3 Å². The maximum Gasteiger partial charge on any atom is 0.335 e. The number of halogens is 3.